The lowest BCUT2D eigenvalue weighted by atomic mass is 10.1. The molecule has 0 unspecified atom stereocenters. The monoisotopic (exact) mass is 218 g/mol. The van der Waals surface area contributed by atoms with Crippen LogP contribution in [0.15, 0.2) is 18.3 Å². The first-order valence-electron chi connectivity index (χ1n) is 5.72. The molecule has 1 aliphatic rings. The average Bonchev–Trinajstić information content (AvgIpc) is 2.81. The van der Waals surface area contributed by atoms with Crippen molar-refractivity contribution in [2.75, 3.05) is 11.9 Å². The minimum absolute atomic E-state index is 0.0907. The lowest BCUT2D eigenvalue weighted by Crippen LogP contribution is -2.31. The van der Waals surface area contributed by atoms with E-state index in [-0.39, 0.29) is 5.84 Å². The zero-order valence-electron chi connectivity index (χ0n) is 9.61. The van der Waals surface area contributed by atoms with Gasteiger partial charge < -0.3 is 10.6 Å². The molecule has 0 aliphatic heterocycles. The van der Waals surface area contributed by atoms with E-state index in [4.69, 9.17) is 11.1 Å². The number of nitrogens with zero attached hydrogens (tertiary/aromatic N) is 2. The Hall–Kier alpha value is -1.58. The van der Waals surface area contributed by atoms with Crippen molar-refractivity contribution in [3.8, 4) is 0 Å². The summed E-state index contributed by atoms with van der Waals surface area (Å²) in [6.45, 7) is 0. The van der Waals surface area contributed by atoms with Gasteiger partial charge in [-0.05, 0) is 25.0 Å². The third-order valence-corrected chi connectivity index (χ3v) is 3.28. The van der Waals surface area contributed by atoms with E-state index in [0.29, 0.717) is 6.04 Å². The molecule has 86 valence electrons. The van der Waals surface area contributed by atoms with Crippen molar-refractivity contribution >= 4 is 11.7 Å². The van der Waals surface area contributed by atoms with Crippen molar-refractivity contribution in [3.05, 3.63) is 23.9 Å². The second-order valence-electron chi connectivity index (χ2n) is 4.34. The van der Waals surface area contributed by atoms with Gasteiger partial charge in [0.25, 0.3) is 0 Å². The molecule has 4 heteroatoms. The first-order valence-corrected chi connectivity index (χ1v) is 5.72. The maximum absolute atomic E-state index is 7.55. The third kappa shape index (κ3) is 2.01. The molecule has 4 nitrogen and oxygen atoms in total. The number of aromatic nitrogens is 1. The summed E-state index contributed by atoms with van der Waals surface area (Å²) >= 11 is 0. The Kier molecular flexibility index (Phi) is 3.08. The molecular weight excluding hydrogens is 200 g/mol. The average molecular weight is 218 g/mol. The highest BCUT2D eigenvalue weighted by Gasteiger charge is 2.22. The summed E-state index contributed by atoms with van der Waals surface area (Å²) in [4.78, 5) is 6.52. The summed E-state index contributed by atoms with van der Waals surface area (Å²) in [5.41, 5.74) is 6.30. The van der Waals surface area contributed by atoms with Gasteiger partial charge in [0.2, 0.25) is 0 Å². The molecule has 1 aromatic heterocycles. The molecule has 0 radical (unpaired) electrons. The van der Waals surface area contributed by atoms with Crippen LogP contribution >= 0.6 is 0 Å². The van der Waals surface area contributed by atoms with E-state index in [2.05, 4.69) is 9.88 Å². The van der Waals surface area contributed by atoms with Gasteiger partial charge >= 0.3 is 0 Å². The standard InChI is InChI=1S/C12H18N4/c1-16(9-5-2-3-6-9)12-10(11(13)14)7-4-8-15-12/h4,7-9H,2-3,5-6H2,1H3,(H3,13,14). The predicted octanol–water partition coefficient (Wildman–Crippen LogP) is 1.74. The van der Waals surface area contributed by atoms with Crippen LogP contribution in [-0.2, 0) is 0 Å². The fourth-order valence-electron chi connectivity index (χ4n) is 2.35. The largest absolute Gasteiger partial charge is 0.384 e. The van der Waals surface area contributed by atoms with Gasteiger partial charge in [0.15, 0.2) is 0 Å². The van der Waals surface area contributed by atoms with Crippen molar-refractivity contribution in [1.29, 1.82) is 5.41 Å². The van der Waals surface area contributed by atoms with Crippen molar-refractivity contribution in [3.63, 3.8) is 0 Å². The first kappa shape index (κ1) is 10.9. The number of nitrogen functional groups attached to an aromatic ring is 1. The molecule has 2 rings (SSSR count). The Balaban J connectivity index is 2.27. The van der Waals surface area contributed by atoms with Gasteiger partial charge in [-0.3, -0.25) is 5.41 Å². The van der Waals surface area contributed by atoms with E-state index in [1.807, 2.05) is 19.2 Å². The molecule has 1 saturated carbocycles. The summed E-state index contributed by atoms with van der Waals surface area (Å²) in [5.74, 6) is 0.926. The van der Waals surface area contributed by atoms with Crippen LogP contribution in [0.5, 0.6) is 0 Å². The molecule has 1 heterocycles. The molecule has 1 fully saturated rings. The van der Waals surface area contributed by atoms with Crippen LogP contribution in [0.3, 0.4) is 0 Å². The fourth-order valence-corrected chi connectivity index (χ4v) is 2.35. The highest BCUT2D eigenvalue weighted by molar-refractivity contribution is 5.99. The Labute approximate surface area is 96.0 Å². The molecule has 1 aromatic rings. The van der Waals surface area contributed by atoms with E-state index in [1.165, 1.54) is 25.7 Å². The number of anilines is 1. The molecule has 0 atom stereocenters. The molecule has 0 amide bonds. The van der Waals surface area contributed by atoms with Crippen molar-refractivity contribution < 1.29 is 0 Å². The number of rotatable bonds is 3. The highest BCUT2D eigenvalue weighted by Crippen LogP contribution is 2.27. The number of pyridine rings is 1. The van der Waals surface area contributed by atoms with Crippen LogP contribution < -0.4 is 10.6 Å². The lowest BCUT2D eigenvalue weighted by molar-refractivity contribution is 0.646. The van der Waals surface area contributed by atoms with Crippen LogP contribution in [0.25, 0.3) is 0 Å². The van der Waals surface area contributed by atoms with Crippen molar-refractivity contribution in [1.82, 2.24) is 4.98 Å². The molecule has 0 saturated heterocycles. The van der Waals surface area contributed by atoms with E-state index in [1.54, 1.807) is 6.20 Å². The number of nitrogens with one attached hydrogen (secondary N) is 1. The number of hydrogen-bond acceptors (Lipinski definition) is 3. The van der Waals surface area contributed by atoms with Crippen LogP contribution in [0, 0.1) is 5.41 Å². The summed E-state index contributed by atoms with van der Waals surface area (Å²) in [6, 6.07) is 4.23. The zero-order valence-corrected chi connectivity index (χ0v) is 9.61. The normalized spacial score (nSPS) is 16.3. The maximum atomic E-state index is 7.55. The summed E-state index contributed by atoms with van der Waals surface area (Å²) in [5, 5.41) is 7.55. The summed E-state index contributed by atoms with van der Waals surface area (Å²) in [7, 11) is 2.05. The smallest absolute Gasteiger partial charge is 0.139 e. The Morgan fingerprint density at radius 2 is 2.19 bits per heavy atom. The maximum Gasteiger partial charge on any atom is 0.139 e. The summed E-state index contributed by atoms with van der Waals surface area (Å²) < 4.78 is 0. The number of nitrogens with two attached hydrogens (primary N) is 1. The molecule has 0 bridgehead atoms. The molecule has 16 heavy (non-hydrogen) atoms. The van der Waals surface area contributed by atoms with Gasteiger partial charge in [0.05, 0.1) is 5.56 Å². The first-order chi connectivity index (χ1) is 7.70. The fraction of sp³-hybridized carbons (Fsp3) is 0.500. The lowest BCUT2D eigenvalue weighted by Gasteiger charge is -2.27. The molecule has 0 spiro atoms. The Bertz CT molecular complexity index is 382. The topological polar surface area (TPSA) is 66.0 Å². The van der Waals surface area contributed by atoms with Gasteiger partial charge in [-0.15, -0.1) is 0 Å². The van der Waals surface area contributed by atoms with E-state index >= 15 is 0 Å². The van der Waals surface area contributed by atoms with Gasteiger partial charge in [-0.2, -0.15) is 0 Å². The molecule has 1 aliphatic carbocycles. The minimum Gasteiger partial charge on any atom is -0.384 e. The Morgan fingerprint density at radius 3 is 2.81 bits per heavy atom. The highest BCUT2D eigenvalue weighted by atomic mass is 15.2. The number of hydrogen-bond donors (Lipinski definition) is 2. The van der Waals surface area contributed by atoms with Crippen molar-refractivity contribution in [2.24, 2.45) is 5.73 Å². The third-order valence-electron chi connectivity index (χ3n) is 3.28. The van der Waals surface area contributed by atoms with E-state index in [9.17, 15) is 0 Å². The number of amidine groups is 1. The second kappa shape index (κ2) is 4.51. The van der Waals surface area contributed by atoms with E-state index in [0.717, 1.165) is 11.4 Å². The van der Waals surface area contributed by atoms with Crippen LogP contribution in [0.4, 0.5) is 5.82 Å². The summed E-state index contributed by atoms with van der Waals surface area (Å²) in [6.07, 6.45) is 6.76. The second-order valence-corrected chi connectivity index (χ2v) is 4.34. The van der Waals surface area contributed by atoms with Crippen molar-refractivity contribution in [2.45, 2.75) is 31.7 Å². The predicted molar refractivity (Wildman–Crippen MR) is 65.9 cm³/mol. The van der Waals surface area contributed by atoms with Gasteiger partial charge in [-0.1, -0.05) is 12.8 Å². The van der Waals surface area contributed by atoms with Crippen LogP contribution in [-0.4, -0.2) is 23.9 Å². The van der Waals surface area contributed by atoms with Crippen LogP contribution in [0.1, 0.15) is 31.2 Å². The minimum atomic E-state index is 0.0907. The molecule has 3 N–H and O–H groups in total. The van der Waals surface area contributed by atoms with E-state index < -0.39 is 0 Å². The molecular formula is C12H18N4. The molecule has 0 aromatic carbocycles. The quantitative estimate of drug-likeness (QED) is 0.600. The zero-order chi connectivity index (χ0) is 11.5. The van der Waals surface area contributed by atoms with Gasteiger partial charge in [0.1, 0.15) is 11.7 Å². The van der Waals surface area contributed by atoms with Crippen LogP contribution in [0.2, 0.25) is 0 Å². The Morgan fingerprint density at radius 1 is 1.50 bits per heavy atom. The van der Waals surface area contributed by atoms with Gasteiger partial charge in [-0.25, -0.2) is 4.98 Å². The SMILES string of the molecule is CN(c1ncccc1C(=N)N)C1CCCC1. The van der Waals surface area contributed by atoms with Gasteiger partial charge in [0, 0.05) is 19.3 Å².